The lowest BCUT2D eigenvalue weighted by Gasteiger charge is -2.11. The van der Waals surface area contributed by atoms with Crippen molar-refractivity contribution >= 4 is 0 Å². The van der Waals surface area contributed by atoms with Crippen molar-refractivity contribution in [3.8, 4) is 11.1 Å². The summed E-state index contributed by atoms with van der Waals surface area (Å²) in [6, 6.07) is 15.3. The summed E-state index contributed by atoms with van der Waals surface area (Å²) in [6.07, 6.45) is 5.03. The number of hydrogen-bond acceptors (Lipinski definition) is 0. The first kappa shape index (κ1) is 14.3. The SMILES string of the molecule is C=C(/C=C\C)Cc1ccc(-c2ccccc2C)c(C)c1. The summed E-state index contributed by atoms with van der Waals surface area (Å²) in [5.74, 6) is 0. The van der Waals surface area contributed by atoms with E-state index in [-0.39, 0.29) is 0 Å². The lowest BCUT2D eigenvalue weighted by atomic mass is 9.94. The zero-order valence-corrected chi connectivity index (χ0v) is 12.6. The summed E-state index contributed by atoms with van der Waals surface area (Å²) in [4.78, 5) is 0. The molecule has 0 bridgehead atoms. The smallest absolute Gasteiger partial charge is 0.00317 e. The fraction of sp³-hybridized carbons (Fsp3) is 0.200. The van der Waals surface area contributed by atoms with Gasteiger partial charge < -0.3 is 0 Å². The van der Waals surface area contributed by atoms with Crippen LogP contribution in [0, 0.1) is 13.8 Å². The fourth-order valence-corrected chi connectivity index (χ4v) is 2.57. The van der Waals surface area contributed by atoms with Crippen molar-refractivity contribution in [3.63, 3.8) is 0 Å². The van der Waals surface area contributed by atoms with Gasteiger partial charge in [0.05, 0.1) is 0 Å². The monoisotopic (exact) mass is 262 g/mol. The van der Waals surface area contributed by atoms with Crippen LogP contribution in [0.2, 0.25) is 0 Å². The third-order valence-electron chi connectivity index (χ3n) is 3.56. The second kappa shape index (κ2) is 6.38. The molecule has 0 radical (unpaired) electrons. The summed E-state index contributed by atoms with van der Waals surface area (Å²) < 4.78 is 0. The van der Waals surface area contributed by atoms with E-state index >= 15 is 0 Å². The van der Waals surface area contributed by atoms with Crippen molar-refractivity contribution in [2.45, 2.75) is 27.2 Å². The standard InChI is InChI=1S/C20H22/c1-5-8-15(2)13-18-11-12-20(17(4)14-18)19-10-7-6-9-16(19)3/h5-12,14H,2,13H2,1,3-4H3/b8-5-. The van der Waals surface area contributed by atoms with Crippen LogP contribution in [0.4, 0.5) is 0 Å². The van der Waals surface area contributed by atoms with E-state index in [9.17, 15) is 0 Å². The molecule has 0 aromatic heterocycles. The van der Waals surface area contributed by atoms with Crippen LogP contribution in [-0.2, 0) is 6.42 Å². The molecule has 2 rings (SSSR count). The number of aryl methyl sites for hydroxylation is 2. The van der Waals surface area contributed by atoms with Gasteiger partial charge in [-0.2, -0.15) is 0 Å². The highest BCUT2D eigenvalue weighted by molar-refractivity contribution is 5.70. The minimum absolute atomic E-state index is 0.916. The van der Waals surface area contributed by atoms with Crippen LogP contribution in [0.5, 0.6) is 0 Å². The van der Waals surface area contributed by atoms with Crippen molar-refractivity contribution in [2.75, 3.05) is 0 Å². The number of benzene rings is 2. The van der Waals surface area contributed by atoms with E-state index in [1.54, 1.807) is 0 Å². The molecule has 0 saturated heterocycles. The molecule has 0 saturated carbocycles. The summed E-state index contributed by atoms with van der Waals surface area (Å²) in [5, 5.41) is 0. The Balaban J connectivity index is 2.31. The molecule has 0 fully saturated rings. The molecule has 0 heterocycles. The van der Waals surface area contributed by atoms with Crippen LogP contribution < -0.4 is 0 Å². The van der Waals surface area contributed by atoms with Gasteiger partial charge in [-0.1, -0.05) is 66.8 Å². The molecule has 0 spiro atoms. The van der Waals surface area contributed by atoms with E-state index in [4.69, 9.17) is 0 Å². The van der Waals surface area contributed by atoms with Gasteiger partial charge in [-0.25, -0.2) is 0 Å². The van der Waals surface area contributed by atoms with Crippen molar-refractivity contribution in [3.05, 3.63) is 83.5 Å². The van der Waals surface area contributed by atoms with Gasteiger partial charge in [-0.3, -0.25) is 0 Å². The highest BCUT2D eigenvalue weighted by atomic mass is 14.1. The Bertz CT molecular complexity index is 645. The van der Waals surface area contributed by atoms with E-state index in [1.165, 1.54) is 27.8 Å². The molecule has 20 heavy (non-hydrogen) atoms. The van der Waals surface area contributed by atoms with Gasteiger partial charge in [0.25, 0.3) is 0 Å². The molecule has 2 aromatic rings. The average Bonchev–Trinajstić information content (AvgIpc) is 2.40. The van der Waals surface area contributed by atoms with Crippen molar-refractivity contribution in [2.24, 2.45) is 0 Å². The zero-order chi connectivity index (χ0) is 14.5. The minimum atomic E-state index is 0.916. The lowest BCUT2D eigenvalue weighted by molar-refractivity contribution is 1.19. The van der Waals surface area contributed by atoms with Crippen molar-refractivity contribution < 1.29 is 0 Å². The van der Waals surface area contributed by atoms with Crippen molar-refractivity contribution in [1.29, 1.82) is 0 Å². The molecule has 0 N–H and O–H groups in total. The van der Waals surface area contributed by atoms with Gasteiger partial charge in [0.15, 0.2) is 0 Å². The first-order chi connectivity index (χ1) is 9.61. The largest absolute Gasteiger partial charge is 0.0955 e. The Kier molecular flexibility index (Phi) is 4.57. The number of allylic oxidation sites excluding steroid dienone is 3. The Morgan fingerprint density at radius 1 is 1.00 bits per heavy atom. The molecule has 0 amide bonds. The molecule has 0 nitrogen and oxygen atoms in total. The van der Waals surface area contributed by atoms with Crippen LogP contribution in [0.15, 0.2) is 66.8 Å². The Morgan fingerprint density at radius 3 is 2.35 bits per heavy atom. The molecule has 0 atom stereocenters. The predicted molar refractivity (Wildman–Crippen MR) is 89.0 cm³/mol. The molecular formula is C20H22. The molecule has 0 aliphatic carbocycles. The maximum atomic E-state index is 4.08. The molecule has 2 aromatic carbocycles. The second-order valence-corrected chi connectivity index (χ2v) is 5.30. The molecule has 0 aliphatic rings. The van der Waals surface area contributed by atoms with Gasteiger partial charge in [0.2, 0.25) is 0 Å². The summed E-state index contributed by atoms with van der Waals surface area (Å²) in [6.45, 7) is 10.5. The van der Waals surface area contributed by atoms with E-state index < -0.39 is 0 Å². The summed E-state index contributed by atoms with van der Waals surface area (Å²) in [5.41, 5.74) is 7.76. The minimum Gasteiger partial charge on any atom is -0.0955 e. The van der Waals surface area contributed by atoms with Gasteiger partial charge >= 0.3 is 0 Å². The first-order valence-corrected chi connectivity index (χ1v) is 7.08. The van der Waals surface area contributed by atoms with E-state index in [0.29, 0.717) is 0 Å². The van der Waals surface area contributed by atoms with Crippen LogP contribution >= 0.6 is 0 Å². The Hall–Kier alpha value is -2.08. The van der Waals surface area contributed by atoms with E-state index in [1.807, 2.05) is 13.0 Å². The Labute approximate surface area is 122 Å². The first-order valence-electron chi connectivity index (χ1n) is 7.08. The molecule has 0 aliphatic heterocycles. The van der Waals surface area contributed by atoms with E-state index in [2.05, 4.69) is 69.0 Å². The summed E-state index contributed by atoms with van der Waals surface area (Å²) >= 11 is 0. The van der Waals surface area contributed by atoms with Crippen LogP contribution in [0.1, 0.15) is 23.6 Å². The quantitative estimate of drug-likeness (QED) is 0.625. The second-order valence-electron chi connectivity index (χ2n) is 5.30. The van der Waals surface area contributed by atoms with Crippen LogP contribution in [0.25, 0.3) is 11.1 Å². The topological polar surface area (TPSA) is 0 Å². The highest BCUT2D eigenvalue weighted by Gasteiger charge is 2.05. The maximum Gasteiger partial charge on any atom is -0.00317 e. The molecule has 102 valence electrons. The normalized spacial score (nSPS) is 10.9. The predicted octanol–water partition coefficient (Wildman–Crippen LogP) is 5.65. The van der Waals surface area contributed by atoms with Gasteiger partial charge in [0.1, 0.15) is 0 Å². The molecular weight excluding hydrogens is 240 g/mol. The number of rotatable bonds is 4. The molecule has 0 unspecified atom stereocenters. The third-order valence-corrected chi connectivity index (χ3v) is 3.56. The van der Waals surface area contributed by atoms with Crippen molar-refractivity contribution in [1.82, 2.24) is 0 Å². The Morgan fingerprint density at radius 2 is 1.70 bits per heavy atom. The number of hydrogen-bond donors (Lipinski definition) is 0. The lowest BCUT2D eigenvalue weighted by Crippen LogP contribution is -1.91. The van der Waals surface area contributed by atoms with E-state index in [0.717, 1.165) is 12.0 Å². The highest BCUT2D eigenvalue weighted by Crippen LogP contribution is 2.27. The third kappa shape index (κ3) is 3.27. The zero-order valence-electron chi connectivity index (χ0n) is 12.6. The van der Waals surface area contributed by atoms with Gasteiger partial charge in [-0.05, 0) is 55.0 Å². The van der Waals surface area contributed by atoms with Gasteiger partial charge in [-0.15, -0.1) is 0 Å². The van der Waals surface area contributed by atoms with Gasteiger partial charge in [0, 0.05) is 0 Å². The molecule has 0 heteroatoms. The van der Waals surface area contributed by atoms with Crippen LogP contribution in [-0.4, -0.2) is 0 Å². The maximum absolute atomic E-state index is 4.08. The summed E-state index contributed by atoms with van der Waals surface area (Å²) in [7, 11) is 0. The fourth-order valence-electron chi connectivity index (χ4n) is 2.57. The average molecular weight is 262 g/mol. The van der Waals surface area contributed by atoms with Crippen LogP contribution in [0.3, 0.4) is 0 Å².